The zero-order valence-electron chi connectivity index (χ0n) is 11.7. The molecule has 1 unspecified atom stereocenters. The van der Waals surface area contributed by atoms with Crippen LogP contribution in [0.4, 0.5) is 0 Å². The van der Waals surface area contributed by atoms with E-state index in [-0.39, 0.29) is 0 Å². The lowest BCUT2D eigenvalue weighted by molar-refractivity contribution is 0.229. The van der Waals surface area contributed by atoms with E-state index >= 15 is 0 Å². The van der Waals surface area contributed by atoms with Crippen molar-refractivity contribution in [3.8, 4) is 0 Å². The Labute approximate surface area is 110 Å². The highest BCUT2D eigenvalue weighted by Crippen LogP contribution is 2.13. The van der Waals surface area contributed by atoms with Crippen LogP contribution >= 0.6 is 0 Å². The van der Waals surface area contributed by atoms with Gasteiger partial charge in [-0.2, -0.15) is 5.10 Å². The molecule has 1 atom stereocenters. The van der Waals surface area contributed by atoms with E-state index in [2.05, 4.69) is 29.2 Å². The predicted molar refractivity (Wildman–Crippen MR) is 74.6 cm³/mol. The van der Waals surface area contributed by atoms with E-state index in [1.165, 1.54) is 32.4 Å². The second-order valence-electron chi connectivity index (χ2n) is 5.48. The highest BCUT2D eigenvalue weighted by molar-refractivity contribution is 4.79. The third-order valence-electron chi connectivity index (χ3n) is 3.83. The lowest BCUT2D eigenvalue weighted by Crippen LogP contribution is -2.35. The summed E-state index contributed by atoms with van der Waals surface area (Å²) in [5.41, 5.74) is 0. The average molecular weight is 250 g/mol. The maximum Gasteiger partial charge on any atom is 0.0534 e. The van der Waals surface area contributed by atoms with Crippen molar-refractivity contribution in [3.63, 3.8) is 0 Å². The Morgan fingerprint density at radius 1 is 1.33 bits per heavy atom. The number of rotatable bonds is 5. The van der Waals surface area contributed by atoms with E-state index in [1.54, 1.807) is 0 Å². The summed E-state index contributed by atoms with van der Waals surface area (Å²) in [7, 11) is 0. The van der Waals surface area contributed by atoms with Gasteiger partial charge in [0.05, 0.1) is 6.54 Å². The molecule has 18 heavy (non-hydrogen) atoms. The first-order valence-corrected chi connectivity index (χ1v) is 7.20. The molecule has 0 aliphatic carbocycles. The van der Waals surface area contributed by atoms with Crippen LogP contribution < -0.4 is 5.32 Å². The SMILES string of the molecule is CC(C)N1CCCC(NCCn2cccn2)CC1. The zero-order chi connectivity index (χ0) is 12.8. The molecule has 0 aromatic carbocycles. The van der Waals surface area contributed by atoms with Crippen molar-refractivity contribution in [1.82, 2.24) is 20.0 Å². The summed E-state index contributed by atoms with van der Waals surface area (Å²) in [6, 6.07) is 3.35. The summed E-state index contributed by atoms with van der Waals surface area (Å²) in [5, 5.41) is 7.89. The molecule has 2 rings (SSSR count). The zero-order valence-corrected chi connectivity index (χ0v) is 11.7. The van der Waals surface area contributed by atoms with Crippen molar-refractivity contribution >= 4 is 0 Å². The molecule has 0 spiro atoms. The van der Waals surface area contributed by atoms with Gasteiger partial charge in [-0.3, -0.25) is 4.68 Å². The summed E-state index contributed by atoms with van der Waals surface area (Å²) in [4.78, 5) is 2.59. The van der Waals surface area contributed by atoms with Crippen LogP contribution in [0.5, 0.6) is 0 Å². The van der Waals surface area contributed by atoms with Crippen LogP contribution in [0.2, 0.25) is 0 Å². The molecule has 0 saturated carbocycles. The van der Waals surface area contributed by atoms with Crippen LogP contribution in [0, 0.1) is 0 Å². The monoisotopic (exact) mass is 250 g/mol. The first-order valence-electron chi connectivity index (χ1n) is 7.20. The molecule has 4 nitrogen and oxygen atoms in total. The molecule has 4 heteroatoms. The molecular formula is C14H26N4. The highest BCUT2D eigenvalue weighted by Gasteiger charge is 2.17. The van der Waals surface area contributed by atoms with Gasteiger partial charge in [0.2, 0.25) is 0 Å². The van der Waals surface area contributed by atoms with Gasteiger partial charge < -0.3 is 10.2 Å². The molecule has 1 aromatic heterocycles. The minimum Gasteiger partial charge on any atom is -0.312 e. The molecule has 102 valence electrons. The van der Waals surface area contributed by atoms with Crippen molar-refractivity contribution in [2.75, 3.05) is 19.6 Å². The van der Waals surface area contributed by atoms with E-state index in [0.29, 0.717) is 12.1 Å². The van der Waals surface area contributed by atoms with Gasteiger partial charge in [0, 0.05) is 31.0 Å². The van der Waals surface area contributed by atoms with Gasteiger partial charge in [-0.25, -0.2) is 0 Å². The quantitative estimate of drug-likeness (QED) is 0.864. The fourth-order valence-corrected chi connectivity index (χ4v) is 2.66. The second kappa shape index (κ2) is 6.90. The predicted octanol–water partition coefficient (Wildman–Crippen LogP) is 1.74. The molecule has 1 saturated heterocycles. The van der Waals surface area contributed by atoms with Crippen molar-refractivity contribution in [3.05, 3.63) is 18.5 Å². The van der Waals surface area contributed by atoms with Gasteiger partial charge in [0.15, 0.2) is 0 Å². The van der Waals surface area contributed by atoms with E-state index in [9.17, 15) is 0 Å². The van der Waals surface area contributed by atoms with Gasteiger partial charge in [0.25, 0.3) is 0 Å². The number of hydrogen-bond acceptors (Lipinski definition) is 3. The Morgan fingerprint density at radius 3 is 2.94 bits per heavy atom. The van der Waals surface area contributed by atoms with E-state index < -0.39 is 0 Å². The van der Waals surface area contributed by atoms with E-state index in [0.717, 1.165) is 13.1 Å². The van der Waals surface area contributed by atoms with Crippen molar-refractivity contribution in [2.45, 2.75) is 51.7 Å². The maximum absolute atomic E-state index is 4.22. The molecule has 2 heterocycles. The first kappa shape index (κ1) is 13.6. The molecule has 1 aliphatic heterocycles. The number of nitrogens with zero attached hydrogens (tertiary/aromatic N) is 3. The van der Waals surface area contributed by atoms with Gasteiger partial charge in [-0.1, -0.05) is 0 Å². The summed E-state index contributed by atoms with van der Waals surface area (Å²) in [6.07, 6.45) is 7.76. The fourth-order valence-electron chi connectivity index (χ4n) is 2.66. The van der Waals surface area contributed by atoms with Crippen LogP contribution in [0.25, 0.3) is 0 Å². The minimum atomic E-state index is 0.685. The summed E-state index contributed by atoms with van der Waals surface area (Å²) < 4.78 is 1.99. The minimum absolute atomic E-state index is 0.685. The van der Waals surface area contributed by atoms with Gasteiger partial charge >= 0.3 is 0 Å². The van der Waals surface area contributed by atoms with Crippen LogP contribution in [-0.2, 0) is 6.54 Å². The number of aromatic nitrogens is 2. The molecule has 0 bridgehead atoms. The van der Waals surface area contributed by atoms with E-state index in [1.807, 2.05) is 23.1 Å². The lowest BCUT2D eigenvalue weighted by atomic mass is 10.1. The number of nitrogens with one attached hydrogen (secondary N) is 1. The standard InChI is InChI=1S/C14H26N4/c1-13(2)17-9-3-5-14(6-11-17)15-8-12-18-10-4-7-16-18/h4,7,10,13-15H,3,5-6,8-9,11-12H2,1-2H3. The lowest BCUT2D eigenvalue weighted by Gasteiger charge is -2.24. The number of hydrogen-bond donors (Lipinski definition) is 1. The largest absolute Gasteiger partial charge is 0.312 e. The molecule has 0 amide bonds. The molecule has 1 aliphatic rings. The molecule has 0 radical (unpaired) electrons. The fraction of sp³-hybridized carbons (Fsp3) is 0.786. The third kappa shape index (κ3) is 4.10. The number of likely N-dealkylation sites (tertiary alicyclic amines) is 1. The average Bonchev–Trinajstić information content (AvgIpc) is 2.73. The summed E-state index contributed by atoms with van der Waals surface area (Å²) in [6.45, 7) is 9.08. The third-order valence-corrected chi connectivity index (χ3v) is 3.83. The Bertz CT molecular complexity index is 321. The normalized spacial score (nSPS) is 22.3. The Balaban J connectivity index is 1.67. The second-order valence-corrected chi connectivity index (χ2v) is 5.48. The summed E-state index contributed by atoms with van der Waals surface area (Å²) in [5.74, 6) is 0. The van der Waals surface area contributed by atoms with Crippen LogP contribution in [0.1, 0.15) is 33.1 Å². The van der Waals surface area contributed by atoms with Crippen LogP contribution in [0.3, 0.4) is 0 Å². The molecular weight excluding hydrogens is 224 g/mol. The van der Waals surface area contributed by atoms with Crippen molar-refractivity contribution in [1.29, 1.82) is 0 Å². The van der Waals surface area contributed by atoms with Crippen LogP contribution in [0.15, 0.2) is 18.5 Å². The molecule has 1 aromatic rings. The highest BCUT2D eigenvalue weighted by atomic mass is 15.3. The maximum atomic E-state index is 4.22. The topological polar surface area (TPSA) is 33.1 Å². The van der Waals surface area contributed by atoms with Gasteiger partial charge in [-0.05, 0) is 52.3 Å². The smallest absolute Gasteiger partial charge is 0.0534 e. The molecule has 1 N–H and O–H groups in total. The summed E-state index contributed by atoms with van der Waals surface area (Å²) >= 11 is 0. The molecule has 1 fully saturated rings. The van der Waals surface area contributed by atoms with Gasteiger partial charge in [0.1, 0.15) is 0 Å². The Kier molecular flexibility index (Phi) is 5.20. The van der Waals surface area contributed by atoms with Crippen LogP contribution in [-0.4, -0.2) is 46.4 Å². The van der Waals surface area contributed by atoms with Crippen molar-refractivity contribution < 1.29 is 0 Å². The van der Waals surface area contributed by atoms with Crippen molar-refractivity contribution in [2.24, 2.45) is 0 Å². The Hall–Kier alpha value is -0.870. The van der Waals surface area contributed by atoms with Gasteiger partial charge in [-0.15, -0.1) is 0 Å². The first-order chi connectivity index (χ1) is 8.75. The van der Waals surface area contributed by atoms with E-state index in [4.69, 9.17) is 0 Å². The Morgan fingerprint density at radius 2 is 2.22 bits per heavy atom.